The second kappa shape index (κ2) is 5.99. The van der Waals surface area contributed by atoms with E-state index in [1.165, 1.54) is 38.6 Å². The third-order valence-corrected chi connectivity index (χ3v) is 4.35. The second-order valence-corrected chi connectivity index (χ2v) is 5.36. The van der Waals surface area contributed by atoms with E-state index in [-0.39, 0.29) is 6.61 Å². The first-order chi connectivity index (χ1) is 7.85. The van der Waals surface area contributed by atoms with Gasteiger partial charge in [0.1, 0.15) is 0 Å². The fourth-order valence-electron chi connectivity index (χ4n) is 3.36. The summed E-state index contributed by atoms with van der Waals surface area (Å²) < 4.78 is 0. The van der Waals surface area contributed by atoms with Gasteiger partial charge < -0.3 is 15.7 Å². The Kier molecular flexibility index (Phi) is 4.62. The highest BCUT2D eigenvalue weighted by Crippen LogP contribution is 2.32. The summed E-state index contributed by atoms with van der Waals surface area (Å²) in [7, 11) is 0. The van der Waals surface area contributed by atoms with E-state index in [0.29, 0.717) is 12.1 Å². The standard InChI is InChI=1S/C13H26N2O/c1-2-10(9-16)15-13-6-3-5-11(13)12-7-4-8-14-12/h10-16H,2-9H2,1H3/t10-,11?,12?,13?/m1/s1. The number of hydrogen-bond donors (Lipinski definition) is 3. The van der Waals surface area contributed by atoms with Crippen molar-refractivity contribution in [1.29, 1.82) is 0 Å². The first-order valence-electron chi connectivity index (χ1n) is 6.95. The molecule has 1 saturated heterocycles. The van der Waals surface area contributed by atoms with E-state index in [1.807, 2.05) is 0 Å². The number of hydrogen-bond acceptors (Lipinski definition) is 3. The quantitative estimate of drug-likeness (QED) is 0.661. The van der Waals surface area contributed by atoms with Crippen LogP contribution >= 0.6 is 0 Å². The fourth-order valence-corrected chi connectivity index (χ4v) is 3.36. The Labute approximate surface area is 99.0 Å². The predicted octanol–water partition coefficient (Wildman–Crippen LogP) is 1.27. The molecule has 3 heteroatoms. The largest absolute Gasteiger partial charge is 0.395 e. The van der Waals surface area contributed by atoms with E-state index in [0.717, 1.165) is 18.4 Å². The Hall–Kier alpha value is -0.120. The molecule has 0 aromatic rings. The molecule has 0 radical (unpaired) electrons. The van der Waals surface area contributed by atoms with E-state index >= 15 is 0 Å². The molecule has 2 rings (SSSR count). The van der Waals surface area contributed by atoms with Crippen molar-refractivity contribution in [2.75, 3.05) is 13.2 Å². The molecule has 0 spiro atoms. The van der Waals surface area contributed by atoms with Gasteiger partial charge in [-0.05, 0) is 44.6 Å². The van der Waals surface area contributed by atoms with Crippen LogP contribution in [0.15, 0.2) is 0 Å². The molecule has 1 aliphatic carbocycles. The Morgan fingerprint density at radius 3 is 2.81 bits per heavy atom. The van der Waals surface area contributed by atoms with Crippen LogP contribution in [0.4, 0.5) is 0 Å². The van der Waals surface area contributed by atoms with Gasteiger partial charge in [-0.25, -0.2) is 0 Å². The van der Waals surface area contributed by atoms with Crippen molar-refractivity contribution in [3.8, 4) is 0 Å². The Morgan fingerprint density at radius 2 is 2.19 bits per heavy atom. The maximum atomic E-state index is 9.26. The van der Waals surface area contributed by atoms with Crippen molar-refractivity contribution in [1.82, 2.24) is 10.6 Å². The minimum absolute atomic E-state index is 0.276. The van der Waals surface area contributed by atoms with Gasteiger partial charge in [0, 0.05) is 18.1 Å². The monoisotopic (exact) mass is 226 g/mol. The fraction of sp³-hybridized carbons (Fsp3) is 1.00. The highest BCUT2D eigenvalue weighted by atomic mass is 16.3. The Balaban J connectivity index is 1.87. The summed E-state index contributed by atoms with van der Waals surface area (Å²) in [5.41, 5.74) is 0. The lowest BCUT2D eigenvalue weighted by atomic mass is 9.92. The molecule has 2 aliphatic rings. The Morgan fingerprint density at radius 1 is 1.31 bits per heavy atom. The molecule has 1 saturated carbocycles. The van der Waals surface area contributed by atoms with Gasteiger partial charge in [0.05, 0.1) is 6.61 Å². The molecule has 0 bridgehead atoms. The van der Waals surface area contributed by atoms with Crippen LogP contribution in [0.2, 0.25) is 0 Å². The van der Waals surface area contributed by atoms with E-state index in [4.69, 9.17) is 0 Å². The zero-order valence-electron chi connectivity index (χ0n) is 10.4. The molecule has 1 heterocycles. The molecular weight excluding hydrogens is 200 g/mol. The van der Waals surface area contributed by atoms with Gasteiger partial charge >= 0.3 is 0 Å². The summed E-state index contributed by atoms with van der Waals surface area (Å²) in [4.78, 5) is 0. The summed E-state index contributed by atoms with van der Waals surface area (Å²) >= 11 is 0. The smallest absolute Gasteiger partial charge is 0.0584 e. The molecule has 0 amide bonds. The van der Waals surface area contributed by atoms with Crippen LogP contribution in [0.3, 0.4) is 0 Å². The molecule has 1 aliphatic heterocycles. The number of aliphatic hydroxyl groups is 1. The van der Waals surface area contributed by atoms with Crippen molar-refractivity contribution in [2.24, 2.45) is 5.92 Å². The highest BCUT2D eigenvalue weighted by Gasteiger charge is 2.35. The zero-order valence-corrected chi connectivity index (χ0v) is 10.4. The van der Waals surface area contributed by atoms with Crippen LogP contribution in [-0.4, -0.2) is 36.4 Å². The van der Waals surface area contributed by atoms with Crippen LogP contribution in [0.25, 0.3) is 0 Å². The topological polar surface area (TPSA) is 44.3 Å². The third kappa shape index (κ3) is 2.76. The molecule has 3 nitrogen and oxygen atoms in total. The van der Waals surface area contributed by atoms with Crippen LogP contribution in [0, 0.1) is 5.92 Å². The number of nitrogens with one attached hydrogen (secondary N) is 2. The molecule has 0 aromatic heterocycles. The van der Waals surface area contributed by atoms with Crippen LogP contribution in [-0.2, 0) is 0 Å². The van der Waals surface area contributed by atoms with Crippen LogP contribution in [0.5, 0.6) is 0 Å². The summed E-state index contributed by atoms with van der Waals surface area (Å²) in [5.74, 6) is 0.795. The maximum absolute atomic E-state index is 9.26. The lowest BCUT2D eigenvalue weighted by molar-refractivity contribution is 0.208. The van der Waals surface area contributed by atoms with Crippen molar-refractivity contribution in [2.45, 2.75) is 63.6 Å². The molecule has 3 unspecified atom stereocenters. The molecule has 16 heavy (non-hydrogen) atoms. The van der Waals surface area contributed by atoms with Gasteiger partial charge in [0.25, 0.3) is 0 Å². The average molecular weight is 226 g/mol. The van der Waals surface area contributed by atoms with E-state index < -0.39 is 0 Å². The van der Waals surface area contributed by atoms with Gasteiger partial charge in [-0.3, -0.25) is 0 Å². The molecule has 4 atom stereocenters. The minimum atomic E-state index is 0.276. The van der Waals surface area contributed by atoms with Crippen molar-refractivity contribution < 1.29 is 5.11 Å². The van der Waals surface area contributed by atoms with Gasteiger partial charge in [-0.1, -0.05) is 13.3 Å². The van der Waals surface area contributed by atoms with Crippen molar-refractivity contribution in [3.63, 3.8) is 0 Å². The van der Waals surface area contributed by atoms with Crippen molar-refractivity contribution in [3.05, 3.63) is 0 Å². The molecule has 94 valence electrons. The summed E-state index contributed by atoms with van der Waals surface area (Å²) in [6.45, 7) is 3.62. The first kappa shape index (κ1) is 12.3. The maximum Gasteiger partial charge on any atom is 0.0584 e. The number of rotatable bonds is 5. The normalized spacial score (nSPS) is 36.8. The third-order valence-electron chi connectivity index (χ3n) is 4.35. The van der Waals surface area contributed by atoms with Gasteiger partial charge in [-0.15, -0.1) is 0 Å². The van der Waals surface area contributed by atoms with E-state index in [2.05, 4.69) is 17.6 Å². The van der Waals surface area contributed by atoms with Gasteiger partial charge in [0.15, 0.2) is 0 Å². The predicted molar refractivity (Wildman–Crippen MR) is 66.5 cm³/mol. The van der Waals surface area contributed by atoms with E-state index in [1.54, 1.807) is 0 Å². The average Bonchev–Trinajstić information content (AvgIpc) is 2.95. The van der Waals surface area contributed by atoms with E-state index in [9.17, 15) is 5.11 Å². The molecule has 3 N–H and O–H groups in total. The van der Waals surface area contributed by atoms with Crippen molar-refractivity contribution >= 4 is 0 Å². The molecular formula is C13H26N2O. The summed E-state index contributed by atoms with van der Waals surface area (Å²) in [5, 5.41) is 16.5. The highest BCUT2D eigenvalue weighted by molar-refractivity contribution is 4.94. The Bertz CT molecular complexity index is 200. The summed E-state index contributed by atoms with van der Waals surface area (Å²) in [6, 6.07) is 1.66. The molecule has 2 fully saturated rings. The van der Waals surface area contributed by atoms with Gasteiger partial charge in [0.2, 0.25) is 0 Å². The zero-order chi connectivity index (χ0) is 11.4. The number of aliphatic hydroxyl groups excluding tert-OH is 1. The first-order valence-corrected chi connectivity index (χ1v) is 6.95. The summed E-state index contributed by atoms with van der Waals surface area (Å²) in [6.07, 6.45) is 7.71. The minimum Gasteiger partial charge on any atom is -0.395 e. The van der Waals surface area contributed by atoms with Crippen LogP contribution in [0.1, 0.15) is 45.4 Å². The van der Waals surface area contributed by atoms with Gasteiger partial charge in [-0.2, -0.15) is 0 Å². The van der Waals surface area contributed by atoms with Crippen LogP contribution < -0.4 is 10.6 Å². The second-order valence-electron chi connectivity index (χ2n) is 5.36. The SMILES string of the molecule is CC[C@H](CO)NC1CCCC1C1CCCN1. The lowest BCUT2D eigenvalue weighted by Crippen LogP contribution is -2.47. The lowest BCUT2D eigenvalue weighted by Gasteiger charge is -2.29. The molecule has 0 aromatic carbocycles.